The summed E-state index contributed by atoms with van der Waals surface area (Å²) in [5.41, 5.74) is 2.22. The van der Waals surface area contributed by atoms with E-state index in [4.69, 9.17) is 12.2 Å². The van der Waals surface area contributed by atoms with E-state index >= 15 is 0 Å². The molecule has 1 N–H and O–H groups in total. The number of thioether (sulfide) groups is 1. The lowest BCUT2D eigenvalue weighted by molar-refractivity contribution is -0.113. The fraction of sp³-hybridized carbons (Fsp3) is 0.105. The minimum Gasteiger partial charge on any atom is -0.362 e. The van der Waals surface area contributed by atoms with E-state index in [0.717, 1.165) is 11.4 Å². The molecular weight excluding hydrogens is 380 g/mol. The Morgan fingerprint density at radius 2 is 1.85 bits per heavy atom. The fourth-order valence-electron chi connectivity index (χ4n) is 3.05. The summed E-state index contributed by atoms with van der Waals surface area (Å²) in [5.74, 6) is -0.286. The van der Waals surface area contributed by atoms with Gasteiger partial charge in [-0.05, 0) is 37.3 Å². The Kier molecular flexibility index (Phi) is 4.37. The molecule has 1 aromatic carbocycles. The minimum atomic E-state index is -0.286. The number of thiocarbonyl (C=S) groups is 1. The molecule has 0 spiro atoms. The van der Waals surface area contributed by atoms with E-state index in [0.29, 0.717) is 20.6 Å². The van der Waals surface area contributed by atoms with Crippen molar-refractivity contribution in [3.05, 3.63) is 75.3 Å². The van der Waals surface area contributed by atoms with E-state index in [1.807, 2.05) is 49.4 Å². The van der Waals surface area contributed by atoms with Crippen LogP contribution in [0.3, 0.4) is 0 Å². The lowest BCUT2D eigenvalue weighted by atomic mass is 10.3. The molecule has 1 aliphatic rings. The molecule has 0 bridgehead atoms. The molecule has 1 fully saturated rings. The summed E-state index contributed by atoms with van der Waals surface area (Å²) in [7, 11) is 1.79. The number of aromatic amines is 1. The Bertz CT molecular complexity index is 1120. The predicted molar refractivity (Wildman–Crippen MR) is 112 cm³/mol. The number of carbonyl (C=O) groups is 1. The van der Waals surface area contributed by atoms with Crippen molar-refractivity contribution < 1.29 is 4.79 Å². The molecule has 1 saturated heterocycles. The molecule has 0 aliphatic carbocycles. The molecule has 3 heterocycles. The second-order valence-electron chi connectivity index (χ2n) is 6.05. The quantitative estimate of drug-likeness (QED) is 0.545. The molecule has 27 heavy (non-hydrogen) atoms. The molecular formula is C19H16N4O2S2. The third kappa shape index (κ3) is 2.87. The fourth-order valence-corrected chi connectivity index (χ4v) is 4.31. The highest BCUT2D eigenvalue weighted by atomic mass is 32.2. The maximum Gasteiger partial charge on any atom is 0.296 e. The highest BCUT2D eigenvalue weighted by molar-refractivity contribution is 8.27. The number of nitrogens with one attached hydrogen (secondary N) is 1. The van der Waals surface area contributed by atoms with Crippen LogP contribution in [0, 0.1) is 6.92 Å². The van der Waals surface area contributed by atoms with Gasteiger partial charge < -0.3 is 4.98 Å². The Hall–Kier alpha value is -2.84. The number of anilines is 1. The molecule has 1 amide bonds. The lowest BCUT2D eigenvalue weighted by Crippen LogP contribution is -2.33. The third-order valence-electron chi connectivity index (χ3n) is 4.45. The summed E-state index contributed by atoms with van der Waals surface area (Å²) in [6.07, 6.45) is 3.53. The summed E-state index contributed by atoms with van der Waals surface area (Å²) >= 11 is 6.62. The first-order valence-corrected chi connectivity index (χ1v) is 9.47. The van der Waals surface area contributed by atoms with Crippen molar-refractivity contribution in [3.8, 4) is 5.69 Å². The van der Waals surface area contributed by atoms with Gasteiger partial charge >= 0.3 is 0 Å². The van der Waals surface area contributed by atoms with Crippen molar-refractivity contribution in [2.24, 2.45) is 7.05 Å². The first-order chi connectivity index (χ1) is 13.0. The molecule has 1 aliphatic heterocycles. The zero-order valence-electron chi connectivity index (χ0n) is 14.7. The van der Waals surface area contributed by atoms with Gasteiger partial charge in [-0.2, -0.15) is 0 Å². The topological polar surface area (TPSA) is 63.0 Å². The second-order valence-corrected chi connectivity index (χ2v) is 7.73. The van der Waals surface area contributed by atoms with Gasteiger partial charge in [-0.1, -0.05) is 42.2 Å². The third-order valence-corrected chi connectivity index (χ3v) is 5.75. The standard InChI is InChI=1S/C19H16N4O2S2/c1-12-16(18(25)23(21(12)2)14-8-4-3-5-9-14)22-17(24)15(27-19(22)26)11-13-7-6-10-20-13/h3-11,20H,1-2H3. The number of aromatic nitrogens is 3. The minimum absolute atomic E-state index is 0.279. The van der Waals surface area contributed by atoms with Crippen LogP contribution in [0.25, 0.3) is 11.8 Å². The zero-order chi connectivity index (χ0) is 19.1. The maximum absolute atomic E-state index is 13.2. The average molecular weight is 396 g/mol. The van der Waals surface area contributed by atoms with Crippen LogP contribution in [0.1, 0.15) is 11.4 Å². The van der Waals surface area contributed by atoms with E-state index in [2.05, 4.69) is 4.98 Å². The molecule has 3 aromatic rings. The van der Waals surface area contributed by atoms with E-state index in [1.54, 1.807) is 24.0 Å². The number of H-pyrrole nitrogens is 1. The SMILES string of the molecule is Cc1c(N2C(=O)C(=Cc3ccc[nH]3)SC2=S)c(=O)n(-c2ccccc2)n1C. The van der Waals surface area contributed by atoms with Gasteiger partial charge in [-0.15, -0.1) is 0 Å². The number of rotatable bonds is 3. The number of carbonyl (C=O) groups excluding carboxylic acids is 1. The molecule has 0 saturated carbocycles. The highest BCUT2D eigenvalue weighted by Gasteiger charge is 2.37. The van der Waals surface area contributed by atoms with Crippen LogP contribution in [-0.2, 0) is 11.8 Å². The van der Waals surface area contributed by atoms with Crippen molar-refractivity contribution in [2.45, 2.75) is 6.92 Å². The Labute approximate surface area is 165 Å². The average Bonchev–Trinajstić information content (AvgIpc) is 3.31. The molecule has 0 atom stereocenters. The van der Waals surface area contributed by atoms with E-state index < -0.39 is 0 Å². The van der Waals surface area contributed by atoms with Crippen LogP contribution >= 0.6 is 24.0 Å². The number of benzene rings is 1. The number of nitrogens with zero attached hydrogens (tertiary/aromatic N) is 3. The zero-order valence-corrected chi connectivity index (χ0v) is 16.3. The Balaban J connectivity index is 1.82. The Morgan fingerprint density at radius 3 is 2.52 bits per heavy atom. The first kappa shape index (κ1) is 17.6. The van der Waals surface area contributed by atoms with E-state index in [9.17, 15) is 9.59 Å². The second kappa shape index (κ2) is 6.71. The molecule has 4 rings (SSSR count). The van der Waals surface area contributed by atoms with E-state index in [-0.39, 0.29) is 11.5 Å². The van der Waals surface area contributed by atoms with Crippen molar-refractivity contribution in [3.63, 3.8) is 0 Å². The van der Waals surface area contributed by atoms with Gasteiger partial charge in [-0.3, -0.25) is 19.2 Å². The number of hydrogen-bond donors (Lipinski definition) is 1. The summed E-state index contributed by atoms with van der Waals surface area (Å²) < 4.78 is 3.63. The first-order valence-electron chi connectivity index (χ1n) is 8.24. The van der Waals surface area contributed by atoms with Crippen molar-refractivity contribution >= 4 is 46.0 Å². The number of hydrogen-bond acceptors (Lipinski definition) is 4. The smallest absolute Gasteiger partial charge is 0.296 e. The maximum atomic E-state index is 13.2. The number of para-hydroxylation sites is 1. The molecule has 8 heteroatoms. The Morgan fingerprint density at radius 1 is 1.11 bits per heavy atom. The molecule has 6 nitrogen and oxygen atoms in total. The summed E-state index contributed by atoms with van der Waals surface area (Å²) in [6, 6.07) is 13.0. The van der Waals surface area contributed by atoms with Crippen LogP contribution in [0.2, 0.25) is 0 Å². The van der Waals surface area contributed by atoms with Crippen LogP contribution < -0.4 is 10.5 Å². The predicted octanol–water partition coefficient (Wildman–Crippen LogP) is 3.22. The van der Waals surface area contributed by atoms with Gasteiger partial charge in [0.05, 0.1) is 16.3 Å². The largest absolute Gasteiger partial charge is 0.362 e. The molecule has 2 aromatic heterocycles. The van der Waals surface area contributed by atoms with Gasteiger partial charge in [0.25, 0.3) is 11.5 Å². The van der Waals surface area contributed by atoms with Crippen LogP contribution in [-0.4, -0.2) is 24.6 Å². The van der Waals surface area contributed by atoms with Gasteiger partial charge in [0.2, 0.25) is 0 Å². The van der Waals surface area contributed by atoms with Gasteiger partial charge in [0.15, 0.2) is 4.32 Å². The van der Waals surface area contributed by atoms with Crippen LogP contribution in [0.4, 0.5) is 5.69 Å². The van der Waals surface area contributed by atoms with Gasteiger partial charge in [-0.25, -0.2) is 4.68 Å². The molecule has 136 valence electrons. The van der Waals surface area contributed by atoms with E-state index in [1.165, 1.54) is 21.3 Å². The van der Waals surface area contributed by atoms with Gasteiger partial charge in [0.1, 0.15) is 5.69 Å². The molecule has 0 unspecified atom stereocenters. The highest BCUT2D eigenvalue weighted by Crippen LogP contribution is 2.36. The van der Waals surface area contributed by atoms with Crippen LogP contribution in [0.15, 0.2) is 58.4 Å². The normalized spacial score (nSPS) is 15.9. The van der Waals surface area contributed by atoms with Crippen LogP contribution in [0.5, 0.6) is 0 Å². The summed E-state index contributed by atoms with van der Waals surface area (Å²) in [4.78, 5) is 31.0. The van der Waals surface area contributed by atoms with Crippen molar-refractivity contribution in [1.82, 2.24) is 14.3 Å². The lowest BCUT2D eigenvalue weighted by Gasteiger charge is -2.12. The summed E-state index contributed by atoms with van der Waals surface area (Å²) in [6.45, 7) is 1.81. The summed E-state index contributed by atoms with van der Waals surface area (Å²) in [5, 5.41) is 0. The number of amides is 1. The van der Waals surface area contributed by atoms with Crippen molar-refractivity contribution in [2.75, 3.05) is 4.90 Å². The van der Waals surface area contributed by atoms with Gasteiger partial charge in [0, 0.05) is 18.9 Å². The molecule has 0 radical (unpaired) electrons. The van der Waals surface area contributed by atoms with Crippen molar-refractivity contribution in [1.29, 1.82) is 0 Å². The monoisotopic (exact) mass is 396 g/mol.